The Morgan fingerprint density at radius 2 is 1.49 bits per heavy atom. The van der Waals surface area contributed by atoms with Crippen molar-refractivity contribution in [1.82, 2.24) is 4.90 Å². The number of halogens is 4. The van der Waals surface area contributed by atoms with E-state index in [0.29, 0.717) is 0 Å². The van der Waals surface area contributed by atoms with Gasteiger partial charge < -0.3 is 26.0 Å². The lowest BCUT2D eigenvalue weighted by atomic mass is 9.97. The van der Waals surface area contributed by atoms with Crippen LogP contribution in [-0.4, -0.2) is 49.3 Å². The summed E-state index contributed by atoms with van der Waals surface area (Å²) in [6.45, 7) is 5.46. The number of benzene rings is 2. The highest BCUT2D eigenvalue weighted by atomic mass is 19.1. The number of amides is 1. The standard InChI is InChI=1S/C25H32F4N4O2/c1-25(2,3)35-24(34)32-8-9-33(22-13-19(27)16(5-7-31)11-21(22)29)23(14-32)17-12-18(26)15(4-6-30)10-20(17)28/h10-13,23H,4-9,14,30-31H2,1-3H3. The minimum absolute atomic E-state index is 0.0438. The largest absolute Gasteiger partial charge is 0.444 e. The predicted octanol–water partition coefficient (Wildman–Crippen LogP) is 4.04. The molecular formula is C25H32F4N4O2. The average molecular weight is 497 g/mol. The second-order valence-corrected chi connectivity index (χ2v) is 9.57. The third kappa shape index (κ3) is 6.24. The Labute approximate surface area is 202 Å². The highest BCUT2D eigenvalue weighted by Gasteiger charge is 2.36. The molecule has 0 bridgehead atoms. The molecule has 1 aliphatic heterocycles. The smallest absolute Gasteiger partial charge is 0.410 e. The highest BCUT2D eigenvalue weighted by Crippen LogP contribution is 2.36. The quantitative estimate of drug-likeness (QED) is 0.590. The molecule has 0 aromatic heterocycles. The third-order valence-electron chi connectivity index (χ3n) is 5.81. The van der Waals surface area contributed by atoms with Crippen molar-refractivity contribution < 1.29 is 27.1 Å². The highest BCUT2D eigenvalue weighted by molar-refractivity contribution is 5.69. The van der Waals surface area contributed by atoms with E-state index in [1.54, 1.807) is 20.8 Å². The molecule has 1 saturated heterocycles. The summed E-state index contributed by atoms with van der Waals surface area (Å²) in [5, 5.41) is 0. The number of nitrogens with two attached hydrogens (primary N) is 2. The van der Waals surface area contributed by atoms with Gasteiger partial charge in [-0.25, -0.2) is 22.4 Å². The molecule has 3 rings (SSSR count). The number of piperazine rings is 1. The van der Waals surface area contributed by atoms with Crippen LogP contribution >= 0.6 is 0 Å². The second kappa shape index (κ2) is 10.8. The molecule has 192 valence electrons. The monoisotopic (exact) mass is 496 g/mol. The summed E-state index contributed by atoms with van der Waals surface area (Å²) in [4.78, 5) is 15.5. The molecule has 2 aromatic rings. The van der Waals surface area contributed by atoms with Gasteiger partial charge in [0.1, 0.15) is 28.9 Å². The van der Waals surface area contributed by atoms with Crippen LogP contribution in [0.5, 0.6) is 0 Å². The SMILES string of the molecule is CC(C)(C)OC(=O)N1CCN(c2cc(F)c(CCN)cc2F)C(c2cc(F)c(CCN)cc2F)C1. The zero-order valence-corrected chi connectivity index (χ0v) is 20.2. The fraction of sp³-hybridized carbons (Fsp3) is 0.480. The Hall–Kier alpha value is -2.85. The first-order valence-electron chi connectivity index (χ1n) is 11.6. The second-order valence-electron chi connectivity index (χ2n) is 9.57. The average Bonchev–Trinajstić information content (AvgIpc) is 2.77. The van der Waals surface area contributed by atoms with Gasteiger partial charge in [0.25, 0.3) is 0 Å². The van der Waals surface area contributed by atoms with Crippen molar-refractivity contribution >= 4 is 11.8 Å². The molecule has 2 aromatic carbocycles. The molecule has 1 aliphatic rings. The van der Waals surface area contributed by atoms with E-state index in [1.807, 2.05) is 0 Å². The molecule has 1 fully saturated rings. The van der Waals surface area contributed by atoms with E-state index in [-0.39, 0.29) is 67.9 Å². The third-order valence-corrected chi connectivity index (χ3v) is 5.81. The van der Waals surface area contributed by atoms with Gasteiger partial charge in [0.2, 0.25) is 0 Å². The first-order valence-corrected chi connectivity index (χ1v) is 11.6. The van der Waals surface area contributed by atoms with Crippen molar-refractivity contribution in [2.75, 3.05) is 37.6 Å². The van der Waals surface area contributed by atoms with Gasteiger partial charge in [0, 0.05) is 31.3 Å². The van der Waals surface area contributed by atoms with Gasteiger partial charge in [-0.15, -0.1) is 0 Å². The van der Waals surface area contributed by atoms with Crippen LogP contribution in [0.4, 0.5) is 28.0 Å². The molecule has 0 aliphatic carbocycles. The van der Waals surface area contributed by atoms with Crippen molar-refractivity contribution in [3.8, 4) is 0 Å². The Kier molecular flexibility index (Phi) is 8.27. The summed E-state index contributed by atoms with van der Waals surface area (Å²) in [6, 6.07) is 3.20. The summed E-state index contributed by atoms with van der Waals surface area (Å²) >= 11 is 0. The Morgan fingerprint density at radius 1 is 0.914 bits per heavy atom. The Bertz CT molecular complexity index is 1070. The van der Waals surface area contributed by atoms with Gasteiger partial charge in [0.05, 0.1) is 11.7 Å². The molecule has 0 radical (unpaired) electrons. The minimum atomic E-state index is -0.994. The summed E-state index contributed by atoms with van der Waals surface area (Å²) in [6.07, 6.45) is -0.335. The summed E-state index contributed by atoms with van der Waals surface area (Å²) in [7, 11) is 0. The fourth-order valence-corrected chi connectivity index (χ4v) is 4.18. The van der Waals surface area contributed by atoms with Gasteiger partial charge in [0.15, 0.2) is 0 Å². The number of nitrogens with zero attached hydrogens (tertiary/aromatic N) is 2. The van der Waals surface area contributed by atoms with Crippen molar-refractivity contribution in [2.45, 2.75) is 45.3 Å². The van der Waals surface area contributed by atoms with Crippen LogP contribution in [-0.2, 0) is 17.6 Å². The van der Waals surface area contributed by atoms with Gasteiger partial charge in [-0.3, -0.25) is 0 Å². The zero-order valence-electron chi connectivity index (χ0n) is 20.2. The maximum atomic E-state index is 15.2. The molecule has 10 heteroatoms. The predicted molar refractivity (Wildman–Crippen MR) is 126 cm³/mol. The van der Waals surface area contributed by atoms with Crippen LogP contribution in [0.3, 0.4) is 0 Å². The van der Waals surface area contributed by atoms with Crippen LogP contribution in [0.1, 0.15) is 43.5 Å². The molecule has 1 atom stereocenters. The van der Waals surface area contributed by atoms with E-state index in [2.05, 4.69) is 0 Å². The zero-order chi connectivity index (χ0) is 25.9. The Balaban J connectivity index is 2.05. The molecule has 35 heavy (non-hydrogen) atoms. The molecule has 1 amide bonds. The molecule has 0 saturated carbocycles. The summed E-state index contributed by atoms with van der Waals surface area (Å²) in [5.41, 5.74) is 10.2. The van der Waals surface area contributed by atoms with Crippen LogP contribution < -0.4 is 16.4 Å². The van der Waals surface area contributed by atoms with Crippen LogP contribution in [0, 0.1) is 23.3 Å². The van der Waals surface area contributed by atoms with Crippen molar-refractivity contribution in [3.63, 3.8) is 0 Å². The lowest BCUT2D eigenvalue weighted by Gasteiger charge is -2.43. The molecule has 4 N–H and O–H groups in total. The van der Waals surface area contributed by atoms with Crippen LogP contribution in [0.2, 0.25) is 0 Å². The Morgan fingerprint density at radius 3 is 2.06 bits per heavy atom. The van der Waals surface area contributed by atoms with E-state index >= 15 is 8.78 Å². The first kappa shape index (κ1) is 26.7. The van der Waals surface area contributed by atoms with Crippen LogP contribution in [0.15, 0.2) is 24.3 Å². The van der Waals surface area contributed by atoms with Gasteiger partial charge in [-0.2, -0.15) is 0 Å². The van der Waals surface area contributed by atoms with Crippen molar-refractivity contribution in [3.05, 3.63) is 64.2 Å². The lowest BCUT2D eigenvalue weighted by molar-refractivity contribution is 0.0212. The topological polar surface area (TPSA) is 84.8 Å². The van der Waals surface area contributed by atoms with Crippen molar-refractivity contribution in [1.29, 1.82) is 0 Å². The fourth-order valence-electron chi connectivity index (χ4n) is 4.18. The number of hydrogen-bond donors (Lipinski definition) is 2. The van der Waals surface area contributed by atoms with Gasteiger partial charge in [-0.05, 0) is 76.0 Å². The minimum Gasteiger partial charge on any atom is -0.444 e. The van der Waals surface area contributed by atoms with E-state index in [0.717, 1.165) is 24.3 Å². The number of rotatable bonds is 6. The number of carbonyl (C=O) groups is 1. The lowest BCUT2D eigenvalue weighted by Crippen LogP contribution is -2.52. The number of carbonyl (C=O) groups excluding carboxylic acids is 1. The summed E-state index contributed by atoms with van der Waals surface area (Å²) < 4.78 is 65.2. The maximum absolute atomic E-state index is 15.2. The van der Waals surface area contributed by atoms with E-state index in [4.69, 9.17) is 16.2 Å². The van der Waals surface area contributed by atoms with Gasteiger partial charge >= 0.3 is 6.09 Å². The van der Waals surface area contributed by atoms with E-state index in [1.165, 1.54) is 9.80 Å². The van der Waals surface area contributed by atoms with E-state index < -0.39 is 41.0 Å². The van der Waals surface area contributed by atoms with Crippen LogP contribution in [0.25, 0.3) is 0 Å². The van der Waals surface area contributed by atoms with Crippen molar-refractivity contribution in [2.24, 2.45) is 11.5 Å². The van der Waals surface area contributed by atoms with Gasteiger partial charge in [-0.1, -0.05) is 0 Å². The first-order chi connectivity index (χ1) is 16.4. The molecule has 1 unspecified atom stereocenters. The molecule has 0 spiro atoms. The number of anilines is 1. The molecule has 1 heterocycles. The molecule has 6 nitrogen and oxygen atoms in total. The number of ether oxygens (including phenoxy) is 1. The maximum Gasteiger partial charge on any atom is 0.410 e. The van der Waals surface area contributed by atoms with E-state index in [9.17, 15) is 13.6 Å². The summed E-state index contributed by atoms with van der Waals surface area (Å²) in [5.74, 6) is -2.75. The number of hydrogen-bond acceptors (Lipinski definition) is 5. The molecular weight excluding hydrogens is 464 g/mol. The normalized spacial score (nSPS) is 16.5.